The maximum absolute atomic E-state index is 11.6. The molecule has 0 aliphatic carbocycles. The number of thioether (sulfide) groups is 1. The number of esters is 1. The van der Waals surface area contributed by atoms with Gasteiger partial charge in [-0.1, -0.05) is 0 Å². The van der Waals surface area contributed by atoms with Crippen molar-refractivity contribution < 1.29 is 9.53 Å². The topological polar surface area (TPSA) is 77.2 Å². The van der Waals surface area contributed by atoms with Gasteiger partial charge in [0, 0.05) is 6.04 Å². The third-order valence-electron chi connectivity index (χ3n) is 2.45. The second-order valence-corrected chi connectivity index (χ2v) is 4.97. The van der Waals surface area contributed by atoms with Gasteiger partial charge in [-0.25, -0.2) is 9.78 Å². The number of hydrogen-bond donors (Lipinski definition) is 2. The lowest BCUT2D eigenvalue weighted by atomic mass is 10.2. The molecular weight excluding hydrogens is 250 g/mol. The Morgan fingerprint density at radius 3 is 3.00 bits per heavy atom. The highest BCUT2D eigenvalue weighted by Gasteiger charge is 2.15. The number of carbonyl (C=O) groups excluding carboxylic acids is 1. The van der Waals surface area contributed by atoms with Crippen LogP contribution in [0.2, 0.25) is 0 Å². The SMILES string of the molecule is COC(=O)c1cc(N)cnc1NC(C)CCSC. The molecule has 0 aromatic carbocycles. The van der Waals surface area contributed by atoms with Crippen LogP contribution < -0.4 is 11.1 Å². The molecule has 3 N–H and O–H groups in total. The van der Waals surface area contributed by atoms with Crippen molar-refractivity contribution in [2.24, 2.45) is 0 Å². The molecule has 0 saturated carbocycles. The first-order chi connectivity index (χ1) is 8.58. The Labute approximate surface area is 111 Å². The molecule has 6 heteroatoms. The maximum Gasteiger partial charge on any atom is 0.341 e. The lowest BCUT2D eigenvalue weighted by molar-refractivity contribution is 0.0601. The van der Waals surface area contributed by atoms with Crippen LogP contribution in [0.3, 0.4) is 0 Å². The molecular formula is C12H19N3O2S. The van der Waals surface area contributed by atoms with E-state index in [-0.39, 0.29) is 6.04 Å². The first-order valence-corrected chi connectivity index (χ1v) is 7.07. The van der Waals surface area contributed by atoms with Gasteiger partial charge in [0.25, 0.3) is 0 Å². The highest BCUT2D eigenvalue weighted by Crippen LogP contribution is 2.18. The molecule has 0 bridgehead atoms. The van der Waals surface area contributed by atoms with Crippen molar-refractivity contribution in [3.05, 3.63) is 17.8 Å². The summed E-state index contributed by atoms with van der Waals surface area (Å²) in [5.74, 6) is 1.13. The van der Waals surface area contributed by atoms with Crippen molar-refractivity contribution in [1.82, 2.24) is 4.98 Å². The van der Waals surface area contributed by atoms with Crippen LogP contribution in [0, 0.1) is 0 Å². The molecule has 0 radical (unpaired) electrons. The fourth-order valence-electron chi connectivity index (χ4n) is 1.46. The third-order valence-corrected chi connectivity index (χ3v) is 3.10. The van der Waals surface area contributed by atoms with E-state index in [9.17, 15) is 4.79 Å². The standard InChI is InChI=1S/C12H19N3O2S/c1-8(4-5-18-3)15-11-10(12(16)17-2)6-9(13)7-14-11/h6-8H,4-5,13H2,1-3H3,(H,14,15). The predicted octanol–water partition coefficient (Wildman–Crippen LogP) is 2.00. The van der Waals surface area contributed by atoms with Crippen molar-refractivity contribution in [1.29, 1.82) is 0 Å². The Morgan fingerprint density at radius 2 is 2.39 bits per heavy atom. The number of nitrogens with two attached hydrogens (primary N) is 1. The summed E-state index contributed by atoms with van der Waals surface area (Å²) in [5.41, 5.74) is 6.44. The number of nitrogens with zero attached hydrogens (tertiary/aromatic N) is 1. The normalized spacial score (nSPS) is 11.9. The summed E-state index contributed by atoms with van der Waals surface area (Å²) in [6, 6.07) is 1.81. The third kappa shape index (κ3) is 4.10. The summed E-state index contributed by atoms with van der Waals surface area (Å²) in [5, 5.41) is 3.21. The molecule has 5 nitrogen and oxygen atoms in total. The molecule has 0 spiro atoms. The smallest absolute Gasteiger partial charge is 0.341 e. The number of nitrogens with one attached hydrogen (secondary N) is 1. The van der Waals surface area contributed by atoms with Gasteiger partial charge in [0.05, 0.1) is 19.0 Å². The number of hydrogen-bond acceptors (Lipinski definition) is 6. The van der Waals surface area contributed by atoms with Crippen LogP contribution in [-0.2, 0) is 4.74 Å². The molecule has 1 unspecified atom stereocenters. The van der Waals surface area contributed by atoms with Gasteiger partial charge in [-0.2, -0.15) is 11.8 Å². The van der Waals surface area contributed by atoms with Gasteiger partial charge in [0.2, 0.25) is 0 Å². The van der Waals surface area contributed by atoms with Gasteiger partial charge in [-0.3, -0.25) is 0 Å². The van der Waals surface area contributed by atoms with Crippen LogP contribution in [0.1, 0.15) is 23.7 Å². The van der Waals surface area contributed by atoms with E-state index in [0.717, 1.165) is 12.2 Å². The van der Waals surface area contributed by atoms with E-state index in [0.29, 0.717) is 17.1 Å². The minimum atomic E-state index is -0.436. The van der Waals surface area contributed by atoms with Crippen LogP contribution >= 0.6 is 11.8 Å². The number of nitrogen functional groups attached to an aromatic ring is 1. The van der Waals surface area contributed by atoms with Crippen LogP contribution in [0.5, 0.6) is 0 Å². The Morgan fingerprint density at radius 1 is 1.67 bits per heavy atom. The molecule has 0 saturated heterocycles. The molecule has 1 aromatic rings. The number of pyridine rings is 1. The number of aromatic nitrogens is 1. The molecule has 18 heavy (non-hydrogen) atoms. The number of rotatable bonds is 6. The summed E-state index contributed by atoms with van der Waals surface area (Å²) in [6.45, 7) is 2.05. The number of anilines is 2. The van der Waals surface area contributed by atoms with E-state index in [1.807, 2.05) is 0 Å². The van der Waals surface area contributed by atoms with Crippen molar-refractivity contribution in [3.8, 4) is 0 Å². The van der Waals surface area contributed by atoms with Gasteiger partial charge in [-0.05, 0) is 31.4 Å². The summed E-state index contributed by atoms with van der Waals surface area (Å²) in [7, 11) is 1.34. The van der Waals surface area contributed by atoms with Gasteiger partial charge in [-0.15, -0.1) is 0 Å². The average Bonchev–Trinajstić information content (AvgIpc) is 2.37. The van der Waals surface area contributed by atoms with Gasteiger partial charge in [0.15, 0.2) is 0 Å². The van der Waals surface area contributed by atoms with E-state index < -0.39 is 5.97 Å². The monoisotopic (exact) mass is 269 g/mol. The Bertz CT molecular complexity index is 412. The first-order valence-electron chi connectivity index (χ1n) is 5.67. The van der Waals surface area contributed by atoms with E-state index in [1.165, 1.54) is 13.3 Å². The molecule has 0 aliphatic heterocycles. The molecule has 0 amide bonds. The van der Waals surface area contributed by atoms with Crippen LogP contribution in [0.15, 0.2) is 12.3 Å². The summed E-state index contributed by atoms with van der Waals surface area (Å²) in [4.78, 5) is 15.8. The highest BCUT2D eigenvalue weighted by atomic mass is 32.2. The number of methoxy groups -OCH3 is 1. The Kier molecular flexibility index (Phi) is 5.77. The van der Waals surface area contributed by atoms with Crippen molar-refractivity contribution >= 4 is 29.2 Å². The first kappa shape index (κ1) is 14.6. The quantitative estimate of drug-likeness (QED) is 0.769. The fourth-order valence-corrected chi connectivity index (χ4v) is 2.05. The van der Waals surface area contributed by atoms with Crippen molar-refractivity contribution in [2.45, 2.75) is 19.4 Å². The summed E-state index contributed by atoms with van der Waals surface area (Å²) < 4.78 is 4.72. The van der Waals surface area contributed by atoms with Crippen molar-refractivity contribution in [3.63, 3.8) is 0 Å². The zero-order valence-electron chi connectivity index (χ0n) is 10.9. The average molecular weight is 269 g/mol. The van der Waals surface area contributed by atoms with Gasteiger partial charge in [0.1, 0.15) is 11.4 Å². The van der Waals surface area contributed by atoms with Crippen LogP contribution in [0.25, 0.3) is 0 Å². The summed E-state index contributed by atoms with van der Waals surface area (Å²) >= 11 is 1.79. The molecule has 0 fully saturated rings. The largest absolute Gasteiger partial charge is 0.465 e. The van der Waals surface area contributed by atoms with Gasteiger partial charge < -0.3 is 15.8 Å². The van der Waals surface area contributed by atoms with E-state index in [1.54, 1.807) is 17.8 Å². The van der Waals surface area contributed by atoms with E-state index in [2.05, 4.69) is 23.5 Å². The minimum absolute atomic E-state index is 0.233. The Balaban J connectivity index is 2.84. The predicted molar refractivity (Wildman–Crippen MR) is 76.1 cm³/mol. The van der Waals surface area contributed by atoms with E-state index >= 15 is 0 Å². The Hall–Kier alpha value is -1.43. The van der Waals surface area contributed by atoms with Gasteiger partial charge >= 0.3 is 5.97 Å². The second kappa shape index (κ2) is 7.10. The maximum atomic E-state index is 11.6. The molecule has 1 atom stereocenters. The highest BCUT2D eigenvalue weighted by molar-refractivity contribution is 7.98. The molecule has 1 rings (SSSR count). The zero-order valence-corrected chi connectivity index (χ0v) is 11.7. The lowest BCUT2D eigenvalue weighted by Crippen LogP contribution is -2.19. The van der Waals surface area contributed by atoms with E-state index in [4.69, 9.17) is 10.5 Å². The van der Waals surface area contributed by atoms with Crippen molar-refractivity contribution in [2.75, 3.05) is 30.2 Å². The lowest BCUT2D eigenvalue weighted by Gasteiger charge is -2.16. The number of carbonyl (C=O) groups is 1. The second-order valence-electron chi connectivity index (χ2n) is 3.98. The molecule has 100 valence electrons. The fraction of sp³-hybridized carbons (Fsp3) is 0.500. The molecule has 1 heterocycles. The molecule has 1 aromatic heterocycles. The zero-order chi connectivity index (χ0) is 13.5. The van der Waals surface area contributed by atoms with Crippen LogP contribution in [0.4, 0.5) is 11.5 Å². The minimum Gasteiger partial charge on any atom is -0.465 e. The van der Waals surface area contributed by atoms with Crippen LogP contribution in [-0.4, -0.2) is 36.1 Å². The molecule has 0 aliphatic rings. The summed E-state index contributed by atoms with van der Waals surface area (Å²) in [6.07, 6.45) is 4.58. The number of ether oxygens (including phenoxy) is 1.